The SMILES string of the molecule is CCC(CO)(CO)NC(=O)c1ccc(-c2cc(NC(=O)C3(c4ccc5c(c4)OCO5)CC3)ccc2C)cc1.[HH].[HH].[HH].[HH]. The molecule has 0 bridgehead atoms. The van der Waals surface area contributed by atoms with Gasteiger partial charge in [0.1, 0.15) is 0 Å². The number of hydrogen-bond acceptors (Lipinski definition) is 6. The summed E-state index contributed by atoms with van der Waals surface area (Å²) >= 11 is 0. The molecule has 8 nitrogen and oxygen atoms in total. The lowest BCUT2D eigenvalue weighted by Gasteiger charge is -2.29. The molecule has 2 amide bonds. The van der Waals surface area contributed by atoms with Gasteiger partial charge in [0.05, 0.1) is 24.2 Å². The number of rotatable bonds is 9. The van der Waals surface area contributed by atoms with Gasteiger partial charge < -0.3 is 30.3 Å². The fourth-order valence-electron chi connectivity index (χ4n) is 4.78. The van der Waals surface area contributed by atoms with E-state index in [-0.39, 0.29) is 37.5 Å². The second-order valence-electron chi connectivity index (χ2n) is 10.1. The minimum Gasteiger partial charge on any atom is -0.454 e. The van der Waals surface area contributed by atoms with Crippen molar-refractivity contribution in [2.45, 2.75) is 44.1 Å². The zero-order valence-corrected chi connectivity index (χ0v) is 21.5. The van der Waals surface area contributed by atoms with E-state index in [0.29, 0.717) is 29.2 Å². The molecule has 2 aliphatic rings. The topological polar surface area (TPSA) is 117 Å². The van der Waals surface area contributed by atoms with Gasteiger partial charge in [0.2, 0.25) is 12.7 Å². The Morgan fingerprint density at radius 2 is 1.68 bits per heavy atom. The molecule has 0 atom stereocenters. The van der Waals surface area contributed by atoms with Crippen LogP contribution in [0.1, 0.15) is 53.4 Å². The molecule has 3 aromatic rings. The average molecular weight is 525 g/mol. The Hall–Kier alpha value is -3.88. The number of amides is 2. The first-order valence-corrected chi connectivity index (χ1v) is 12.8. The molecule has 1 saturated carbocycles. The number of anilines is 1. The van der Waals surface area contributed by atoms with Crippen LogP contribution in [0, 0.1) is 6.92 Å². The Bertz CT molecular complexity index is 1370. The zero-order chi connectivity index (χ0) is 26.9. The van der Waals surface area contributed by atoms with E-state index in [2.05, 4.69) is 10.6 Å². The maximum atomic E-state index is 13.4. The molecule has 0 spiro atoms. The van der Waals surface area contributed by atoms with Crippen LogP contribution in [0.15, 0.2) is 60.7 Å². The van der Waals surface area contributed by atoms with Crippen molar-refractivity contribution < 1.29 is 35.0 Å². The smallest absolute Gasteiger partial charge is 0.251 e. The summed E-state index contributed by atoms with van der Waals surface area (Å²) in [5, 5.41) is 25.1. The van der Waals surface area contributed by atoms with Crippen LogP contribution in [-0.4, -0.2) is 47.6 Å². The van der Waals surface area contributed by atoms with Crippen molar-refractivity contribution >= 4 is 17.5 Å². The molecule has 0 radical (unpaired) electrons. The van der Waals surface area contributed by atoms with Gasteiger partial charge in [-0.2, -0.15) is 0 Å². The Morgan fingerprint density at radius 1 is 0.974 bits per heavy atom. The summed E-state index contributed by atoms with van der Waals surface area (Å²) < 4.78 is 10.9. The van der Waals surface area contributed by atoms with Crippen LogP contribution in [0.25, 0.3) is 11.1 Å². The maximum absolute atomic E-state index is 13.4. The fraction of sp³-hybridized carbons (Fsp3) is 0.333. The highest BCUT2D eigenvalue weighted by atomic mass is 16.7. The predicted molar refractivity (Wildman–Crippen MR) is 152 cm³/mol. The number of ether oxygens (including phenoxy) is 2. The van der Waals surface area contributed by atoms with E-state index in [1.165, 1.54) is 0 Å². The van der Waals surface area contributed by atoms with E-state index in [1.54, 1.807) is 19.1 Å². The number of carbonyl (C=O) groups excluding carboxylic acids is 2. The van der Waals surface area contributed by atoms with Gasteiger partial charge in [-0.1, -0.05) is 31.2 Å². The Kier molecular flexibility index (Phi) is 6.86. The third-order valence-electron chi connectivity index (χ3n) is 7.72. The largest absolute Gasteiger partial charge is 0.454 e. The number of benzene rings is 3. The van der Waals surface area contributed by atoms with Crippen molar-refractivity contribution in [3.63, 3.8) is 0 Å². The molecule has 206 valence electrons. The maximum Gasteiger partial charge on any atom is 0.251 e. The quantitative estimate of drug-likeness (QED) is 0.316. The van der Waals surface area contributed by atoms with Crippen LogP contribution in [-0.2, 0) is 10.2 Å². The number of hydrogen-bond donors (Lipinski definition) is 4. The molecule has 1 heterocycles. The molecule has 5 rings (SSSR count). The van der Waals surface area contributed by atoms with Crippen LogP contribution in [0.3, 0.4) is 0 Å². The zero-order valence-electron chi connectivity index (χ0n) is 21.5. The lowest BCUT2D eigenvalue weighted by molar-refractivity contribution is -0.118. The standard InChI is InChI=1S/C30H32N2O6.4H2/c1-3-29(16-33,17-34)32-27(35)21-7-5-20(6-8-21)24-15-23(10-4-19(24)2)31-28(36)30(12-13-30)22-9-11-25-26(14-22)38-18-37-25;;;;/h4-11,14-15,33-34H,3,12-13,16-18H2,1-2H3,(H,31,36)(H,32,35);4*1H. The highest BCUT2D eigenvalue weighted by molar-refractivity contribution is 6.02. The van der Waals surface area contributed by atoms with Gasteiger partial charge in [-0.3, -0.25) is 9.59 Å². The van der Waals surface area contributed by atoms with E-state index in [4.69, 9.17) is 9.47 Å². The summed E-state index contributed by atoms with van der Waals surface area (Å²) in [6, 6.07) is 18.6. The highest BCUT2D eigenvalue weighted by Crippen LogP contribution is 2.51. The number of aliphatic hydroxyl groups excluding tert-OH is 2. The molecule has 38 heavy (non-hydrogen) atoms. The van der Waals surface area contributed by atoms with Crippen molar-refractivity contribution in [3.05, 3.63) is 77.4 Å². The van der Waals surface area contributed by atoms with E-state index in [9.17, 15) is 19.8 Å². The molecule has 1 aliphatic heterocycles. The van der Waals surface area contributed by atoms with Crippen molar-refractivity contribution in [2.75, 3.05) is 25.3 Å². The summed E-state index contributed by atoms with van der Waals surface area (Å²) in [4.78, 5) is 26.1. The summed E-state index contributed by atoms with van der Waals surface area (Å²) in [6.07, 6.45) is 1.94. The van der Waals surface area contributed by atoms with Crippen LogP contribution >= 0.6 is 0 Å². The van der Waals surface area contributed by atoms with Crippen LogP contribution < -0.4 is 20.1 Å². The predicted octanol–water partition coefficient (Wildman–Crippen LogP) is 4.91. The Labute approximate surface area is 227 Å². The minimum absolute atomic E-state index is 0. The molecule has 3 aromatic carbocycles. The van der Waals surface area contributed by atoms with E-state index >= 15 is 0 Å². The lowest BCUT2D eigenvalue weighted by atomic mass is 9.94. The second kappa shape index (κ2) is 10.1. The summed E-state index contributed by atoms with van der Waals surface area (Å²) in [7, 11) is 0. The summed E-state index contributed by atoms with van der Waals surface area (Å²) in [5.41, 5.74) is 3.29. The first-order chi connectivity index (χ1) is 18.3. The van der Waals surface area contributed by atoms with Crippen LogP contribution in [0.5, 0.6) is 11.5 Å². The van der Waals surface area contributed by atoms with Crippen molar-refractivity contribution in [1.82, 2.24) is 5.32 Å². The minimum atomic E-state index is -1.06. The van der Waals surface area contributed by atoms with Crippen molar-refractivity contribution in [3.8, 4) is 22.6 Å². The molecule has 4 N–H and O–H groups in total. The number of nitrogens with one attached hydrogen (secondary N) is 2. The van der Waals surface area contributed by atoms with Gasteiger partial charge in [0.15, 0.2) is 11.5 Å². The first-order valence-electron chi connectivity index (χ1n) is 12.8. The molecular weight excluding hydrogens is 484 g/mol. The lowest BCUT2D eigenvalue weighted by Crippen LogP contribution is -2.53. The van der Waals surface area contributed by atoms with Gasteiger partial charge in [0, 0.05) is 17.0 Å². The molecule has 1 aliphatic carbocycles. The van der Waals surface area contributed by atoms with E-state index < -0.39 is 11.0 Å². The number of aryl methyl sites for hydroxylation is 1. The summed E-state index contributed by atoms with van der Waals surface area (Å²) in [5.74, 6) is 0.954. The normalized spacial score (nSPS) is 15.2. The monoisotopic (exact) mass is 524 g/mol. The second-order valence-corrected chi connectivity index (χ2v) is 10.1. The number of aliphatic hydroxyl groups is 2. The van der Waals surface area contributed by atoms with Gasteiger partial charge in [-0.25, -0.2) is 0 Å². The van der Waals surface area contributed by atoms with Crippen molar-refractivity contribution in [1.29, 1.82) is 0 Å². The first kappa shape index (κ1) is 25.8. The van der Waals surface area contributed by atoms with Crippen LogP contribution in [0.4, 0.5) is 5.69 Å². The molecule has 0 saturated heterocycles. The van der Waals surface area contributed by atoms with Gasteiger partial charge in [-0.15, -0.1) is 0 Å². The fourth-order valence-corrected chi connectivity index (χ4v) is 4.78. The highest BCUT2D eigenvalue weighted by Gasteiger charge is 2.51. The van der Waals surface area contributed by atoms with Crippen LogP contribution in [0.2, 0.25) is 0 Å². The third kappa shape index (κ3) is 4.73. The summed E-state index contributed by atoms with van der Waals surface area (Å²) in [6.45, 7) is 3.29. The van der Waals surface area contributed by atoms with Gasteiger partial charge >= 0.3 is 0 Å². The molecular formula is C30H40N2O6. The molecule has 8 heteroatoms. The number of fused-ring (bicyclic) bond motifs is 1. The average Bonchev–Trinajstić information content (AvgIpc) is 3.63. The van der Waals surface area contributed by atoms with Gasteiger partial charge in [-0.05, 0) is 84.8 Å². The molecule has 1 fully saturated rings. The molecule has 0 aromatic heterocycles. The van der Waals surface area contributed by atoms with E-state index in [0.717, 1.165) is 35.1 Å². The number of carbonyl (C=O) groups is 2. The van der Waals surface area contributed by atoms with Gasteiger partial charge in [0.25, 0.3) is 5.91 Å². The van der Waals surface area contributed by atoms with E-state index in [1.807, 2.05) is 55.5 Å². The Balaban J connectivity index is 0.00000220. The van der Waals surface area contributed by atoms with Crippen molar-refractivity contribution in [2.24, 2.45) is 0 Å². The molecule has 0 unspecified atom stereocenters. The Morgan fingerprint density at radius 3 is 2.34 bits per heavy atom. The third-order valence-corrected chi connectivity index (χ3v) is 7.72.